The molecule has 0 aliphatic carbocycles. The number of hydrogen-bond donors (Lipinski definition) is 4. The van der Waals surface area contributed by atoms with Crippen LogP contribution in [0.1, 0.15) is 46.2 Å². The third-order valence-corrected chi connectivity index (χ3v) is 12.7. The third-order valence-electron chi connectivity index (χ3n) is 11.2. The third kappa shape index (κ3) is 13.2. The molecule has 4 aromatic carbocycles. The molecule has 8 rings (SSSR count). The van der Waals surface area contributed by atoms with Gasteiger partial charge in [0.1, 0.15) is 23.1 Å². The highest BCUT2D eigenvalue weighted by molar-refractivity contribution is 7.91. The van der Waals surface area contributed by atoms with Crippen LogP contribution in [0.15, 0.2) is 115 Å². The molecule has 0 amide bonds. The fraction of sp³-hybridized carbons (Fsp3) is 0.306. The number of anilines is 7. The predicted octanol–water partition coefficient (Wildman–Crippen LogP) is 5.54. The van der Waals surface area contributed by atoms with Crippen LogP contribution in [0.5, 0.6) is 11.5 Å². The highest BCUT2D eigenvalue weighted by Crippen LogP contribution is 2.26. The summed E-state index contributed by atoms with van der Waals surface area (Å²) in [6.07, 6.45) is 2.57. The number of rotatable bonds is 12. The van der Waals surface area contributed by atoms with Crippen molar-refractivity contribution >= 4 is 61.7 Å². The zero-order valence-electron chi connectivity index (χ0n) is 38.4. The maximum Gasteiger partial charge on any atom is 0.249 e. The molecule has 4 heterocycles. The zero-order chi connectivity index (χ0) is 48.1. The molecule has 68 heavy (non-hydrogen) atoms. The van der Waals surface area contributed by atoms with Crippen molar-refractivity contribution in [1.29, 1.82) is 0 Å². The Hall–Kier alpha value is -7.35. The van der Waals surface area contributed by atoms with Crippen LogP contribution < -0.4 is 41.8 Å². The molecule has 0 atom stereocenters. The summed E-state index contributed by atoms with van der Waals surface area (Å²) in [5.41, 5.74) is 22.6. The van der Waals surface area contributed by atoms with Gasteiger partial charge < -0.3 is 51.6 Å². The van der Waals surface area contributed by atoms with E-state index in [1.807, 2.05) is 24.3 Å². The molecule has 6 aromatic rings. The van der Waals surface area contributed by atoms with Gasteiger partial charge in [0.15, 0.2) is 0 Å². The van der Waals surface area contributed by atoms with E-state index < -0.39 is 15.6 Å². The van der Waals surface area contributed by atoms with Gasteiger partial charge in [-0.25, -0.2) is 23.4 Å². The van der Waals surface area contributed by atoms with E-state index in [0.717, 1.165) is 69.9 Å². The van der Waals surface area contributed by atoms with Crippen LogP contribution in [-0.2, 0) is 9.84 Å². The van der Waals surface area contributed by atoms with E-state index in [2.05, 4.69) is 83.2 Å². The summed E-state index contributed by atoms with van der Waals surface area (Å²) in [4.78, 5) is 50.8. The summed E-state index contributed by atoms with van der Waals surface area (Å²) in [7, 11) is 3.70. The number of nitrogens with one attached hydrogen (secondary N) is 1. The Morgan fingerprint density at radius 1 is 0.603 bits per heavy atom. The Kier molecular flexibility index (Phi) is 18.1. The number of sulfone groups is 1. The topological polar surface area (TPSA) is 241 Å². The molecule has 19 heteroatoms. The molecule has 2 saturated heterocycles. The summed E-state index contributed by atoms with van der Waals surface area (Å²) in [6, 6.07) is 29.9. The Morgan fingerprint density at radius 2 is 1.03 bits per heavy atom. The summed E-state index contributed by atoms with van der Waals surface area (Å²) < 4.78 is 33.8. The van der Waals surface area contributed by atoms with Crippen LogP contribution >= 0.6 is 0 Å². The molecule has 18 nitrogen and oxygen atoms in total. The summed E-state index contributed by atoms with van der Waals surface area (Å²) in [6.45, 7) is 10.1. The first-order valence-electron chi connectivity index (χ1n) is 21.6. The second kappa shape index (κ2) is 23.9. The van der Waals surface area contributed by atoms with Gasteiger partial charge in [0, 0.05) is 87.5 Å². The predicted molar refractivity (Wildman–Crippen MR) is 270 cm³/mol. The first-order chi connectivity index (χ1) is 32.2. The number of ether oxygens (including phenoxy) is 2. The van der Waals surface area contributed by atoms with E-state index in [1.165, 1.54) is 38.7 Å². The summed E-state index contributed by atoms with van der Waals surface area (Å²) in [5.74, 6) is 0.272. The molecule has 0 bridgehead atoms. The van der Waals surface area contributed by atoms with Crippen LogP contribution in [0.2, 0.25) is 0 Å². The van der Waals surface area contributed by atoms with Gasteiger partial charge in [0.2, 0.25) is 32.5 Å². The van der Waals surface area contributed by atoms with Crippen LogP contribution in [0.3, 0.4) is 0 Å². The van der Waals surface area contributed by atoms with Crippen LogP contribution in [0, 0.1) is 0 Å². The molecule has 0 radical (unpaired) electrons. The van der Waals surface area contributed by atoms with Crippen molar-refractivity contribution in [2.45, 2.75) is 19.5 Å². The van der Waals surface area contributed by atoms with Gasteiger partial charge in [-0.15, -0.1) is 0 Å². The van der Waals surface area contributed by atoms with Crippen LogP contribution in [-0.4, -0.2) is 136 Å². The number of nitrogens with zero attached hydrogens (tertiary/aromatic N) is 8. The lowest BCUT2D eigenvalue weighted by molar-refractivity contribution is 0.102. The number of carbonyl (C=O) groups excluding carboxylic acids is 2. The number of carbonyl (C=O) groups is 2. The minimum atomic E-state index is -3.58. The van der Waals surface area contributed by atoms with Crippen molar-refractivity contribution in [2.24, 2.45) is 0 Å². The molecule has 2 fully saturated rings. The van der Waals surface area contributed by atoms with Crippen molar-refractivity contribution < 1.29 is 27.5 Å². The zero-order valence-corrected chi connectivity index (χ0v) is 39.2. The summed E-state index contributed by atoms with van der Waals surface area (Å²) >= 11 is 0. The quantitative estimate of drug-likeness (QED) is 0.0669. The molecule has 360 valence electrons. The second-order valence-corrected chi connectivity index (χ2v) is 17.9. The number of ketones is 2. The first kappa shape index (κ1) is 51.6. The monoisotopic (exact) mass is 946 g/mol. The van der Waals surface area contributed by atoms with Gasteiger partial charge in [-0.05, 0) is 86.9 Å². The maximum absolute atomic E-state index is 12.9. The van der Waals surface area contributed by atoms with E-state index in [-0.39, 0.29) is 46.9 Å². The Labute approximate surface area is 399 Å². The number of hydrogen-bond acceptors (Lipinski definition) is 18. The van der Waals surface area contributed by atoms with Gasteiger partial charge in [0.25, 0.3) is 0 Å². The molecule has 0 saturated carbocycles. The van der Waals surface area contributed by atoms with E-state index in [4.69, 9.17) is 26.7 Å². The largest absolute Gasteiger partial charge is 0.496 e. The van der Waals surface area contributed by atoms with Crippen molar-refractivity contribution in [3.05, 3.63) is 132 Å². The number of aromatic nitrogens is 4. The average Bonchev–Trinajstić information content (AvgIpc) is 3.35. The Morgan fingerprint density at radius 3 is 1.46 bits per heavy atom. The first-order valence-corrected chi connectivity index (χ1v) is 23.3. The van der Waals surface area contributed by atoms with Gasteiger partial charge in [-0.2, -0.15) is 4.98 Å². The second-order valence-electron chi connectivity index (χ2n) is 15.8. The van der Waals surface area contributed by atoms with Crippen LogP contribution in [0.4, 0.5) is 40.3 Å². The van der Waals surface area contributed by atoms with Crippen molar-refractivity contribution in [3.8, 4) is 11.5 Å². The minimum Gasteiger partial charge on any atom is -0.496 e. The molecule has 2 aliphatic rings. The Balaban J connectivity index is 0.000000204. The number of nitrogen functional groups attached to an aromatic ring is 3. The molecule has 2 aliphatic heterocycles. The van der Waals surface area contributed by atoms with Gasteiger partial charge in [-0.3, -0.25) is 9.59 Å². The maximum atomic E-state index is 12.9. The molecule has 7 N–H and O–H groups in total. The molecular weight excluding hydrogens is 885 g/mol. The van der Waals surface area contributed by atoms with E-state index in [1.54, 1.807) is 48.5 Å². The van der Waals surface area contributed by atoms with Gasteiger partial charge in [0.05, 0.1) is 42.2 Å². The summed E-state index contributed by atoms with van der Waals surface area (Å²) in [5, 5.41) is 2.76. The number of benzene rings is 4. The fourth-order valence-corrected chi connectivity index (χ4v) is 7.82. The van der Waals surface area contributed by atoms with Gasteiger partial charge in [-0.1, -0.05) is 38.6 Å². The fourth-order valence-electron chi connectivity index (χ4n) is 7.12. The van der Waals surface area contributed by atoms with Crippen molar-refractivity contribution in [3.63, 3.8) is 0 Å². The van der Waals surface area contributed by atoms with E-state index >= 15 is 0 Å². The molecule has 0 unspecified atom stereocenters. The Bertz CT molecular complexity index is 2730. The standard InChI is InChI=1S/C23H26N6O2.C14H15N3O4S.C11H17N3.CH4/c1-28-11-13-29(14-12-28)17-9-7-16(8-10-17)26-23-25-15-19(22(24)27-23)21(30)18-5-3-4-6-20(18)31-2;1-3-22(19,20)14-16-8-10(13(15)17-14)12(18)9-6-4-5-7-11(9)21-2;1-13-6-8-14(9-7-13)11-4-2-10(12)3-5-11;/h3-10,15H,11-14H2,1-2H3,(H3,24,25,26,27);4-8H,3H2,1-2H3,(H2,15,16,17);2-5H,6-9,12H2,1H3;1H4. The number of likely N-dealkylation sites (N-methyl/N-ethyl adjacent to an activating group) is 2. The number of methoxy groups -OCH3 is 2. The minimum absolute atomic E-state index is 0. The lowest BCUT2D eigenvalue weighted by Gasteiger charge is -2.34. The smallest absolute Gasteiger partial charge is 0.249 e. The van der Waals surface area contributed by atoms with Gasteiger partial charge >= 0.3 is 0 Å². The lowest BCUT2D eigenvalue weighted by Crippen LogP contribution is -2.44. The van der Waals surface area contributed by atoms with Crippen LogP contribution in [0.25, 0.3) is 0 Å². The highest BCUT2D eigenvalue weighted by Gasteiger charge is 2.23. The molecule has 0 spiro atoms. The van der Waals surface area contributed by atoms with Crippen molar-refractivity contribution in [1.82, 2.24) is 29.7 Å². The SMILES string of the molecule is C.CCS(=O)(=O)c1ncc(C(=O)c2ccccc2OC)c(N)n1.CN1CCN(c2ccc(N)cc2)CC1.COc1ccccc1C(=O)c1cnc(Nc2ccc(N3CCN(C)CC3)cc2)nc1N. The normalized spacial score (nSPS) is 14.0. The lowest BCUT2D eigenvalue weighted by atomic mass is 10.0. The molecular formula is C49H62N12O6S. The highest BCUT2D eigenvalue weighted by atomic mass is 32.2. The number of nitrogens with two attached hydrogens (primary N) is 3. The average molecular weight is 947 g/mol. The number of para-hydroxylation sites is 2. The number of piperazine rings is 2. The van der Waals surface area contributed by atoms with E-state index in [9.17, 15) is 18.0 Å². The van der Waals surface area contributed by atoms with Crippen molar-refractivity contribution in [2.75, 3.05) is 119 Å². The van der Waals surface area contributed by atoms with E-state index in [0.29, 0.717) is 28.6 Å². The molecule has 2 aromatic heterocycles.